The van der Waals surface area contributed by atoms with Crippen molar-refractivity contribution in [1.29, 1.82) is 0 Å². The van der Waals surface area contributed by atoms with Crippen LogP contribution in [0.1, 0.15) is 10.4 Å². The fourth-order valence-electron chi connectivity index (χ4n) is 4.05. The largest absolute Gasteiger partial charge is 0.495 e. The van der Waals surface area contributed by atoms with Crippen molar-refractivity contribution in [2.75, 3.05) is 36.1 Å². The number of hydrogen-bond acceptors (Lipinski definition) is 6. The van der Waals surface area contributed by atoms with E-state index in [0.717, 1.165) is 11.1 Å². The average molecular weight is 555 g/mol. The van der Waals surface area contributed by atoms with E-state index in [9.17, 15) is 13.2 Å². The summed E-state index contributed by atoms with van der Waals surface area (Å²) in [7, 11) is 1.26. The van der Waals surface area contributed by atoms with Crippen LogP contribution in [0.2, 0.25) is 0 Å². The first-order valence-corrected chi connectivity index (χ1v) is 13.9. The highest BCUT2D eigenvalue weighted by molar-refractivity contribution is 7.93. The summed E-state index contributed by atoms with van der Waals surface area (Å²) in [6, 6.07) is 30.0. The zero-order valence-electron chi connectivity index (χ0n) is 22.4. The van der Waals surface area contributed by atoms with Gasteiger partial charge >= 0.3 is 0 Å². The van der Waals surface area contributed by atoms with Gasteiger partial charge < -0.3 is 15.0 Å². The molecule has 8 nitrogen and oxygen atoms in total. The van der Waals surface area contributed by atoms with Crippen LogP contribution in [0.4, 0.5) is 17.1 Å². The molecule has 0 radical (unpaired) electrons. The van der Waals surface area contributed by atoms with Crippen LogP contribution in [0, 0.1) is 0 Å². The minimum absolute atomic E-state index is 0.134. The summed E-state index contributed by atoms with van der Waals surface area (Å²) in [4.78, 5) is 18.6. The minimum Gasteiger partial charge on any atom is -0.495 e. The lowest BCUT2D eigenvalue weighted by molar-refractivity contribution is 0.102. The number of nitrogens with one attached hydrogen (secondary N) is 2. The number of nitrogens with zero attached hydrogens (tertiary/aromatic N) is 2. The second kappa shape index (κ2) is 12.8. The Bertz CT molecular complexity index is 1670. The average Bonchev–Trinajstić information content (AvgIpc) is 2.98. The molecule has 0 bridgehead atoms. The standard InChI is InChI=1S/C26H25N3O4S.C5H5N/c1-29(2)23-13-7-12-21-20(23)11-8-14-25(21)34(31,32)28-22-17-18(15-16-24(22)33-3)26(30)27-19-9-5-4-6-10-19;1-2-4-6-5-3-1/h4-17,28H,1-3H3,(H,27,30);1-5H. The normalized spacial score (nSPS) is 10.7. The number of ether oxygens (including phenoxy) is 1. The summed E-state index contributed by atoms with van der Waals surface area (Å²) in [6.07, 6.45) is 3.50. The van der Waals surface area contributed by atoms with E-state index in [4.69, 9.17) is 4.74 Å². The highest BCUT2D eigenvalue weighted by atomic mass is 32.2. The number of fused-ring (bicyclic) bond motifs is 1. The third kappa shape index (κ3) is 6.75. The summed E-state index contributed by atoms with van der Waals surface area (Å²) in [6.45, 7) is 0. The van der Waals surface area contributed by atoms with Gasteiger partial charge in [0.25, 0.3) is 15.9 Å². The molecule has 0 fully saturated rings. The molecule has 1 heterocycles. The molecule has 5 rings (SSSR count). The molecule has 4 aromatic carbocycles. The Hall–Kier alpha value is -4.89. The smallest absolute Gasteiger partial charge is 0.262 e. The number of rotatable bonds is 7. The lowest BCUT2D eigenvalue weighted by atomic mass is 10.1. The predicted octanol–water partition coefficient (Wildman–Crippen LogP) is 6.05. The second-order valence-electron chi connectivity index (χ2n) is 8.89. The molecule has 9 heteroatoms. The van der Waals surface area contributed by atoms with Gasteiger partial charge in [-0.2, -0.15) is 0 Å². The molecule has 1 amide bonds. The lowest BCUT2D eigenvalue weighted by Gasteiger charge is -2.18. The van der Waals surface area contributed by atoms with Crippen molar-refractivity contribution in [3.8, 4) is 5.75 Å². The number of pyridine rings is 1. The summed E-state index contributed by atoms with van der Waals surface area (Å²) in [5.74, 6) is -0.0656. The van der Waals surface area contributed by atoms with Gasteiger partial charge in [0.05, 0.1) is 17.7 Å². The molecule has 5 aromatic rings. The number of para-hydroxylation sites is 1. The molecule has 0 saturated carbocycles. The summed E-state index contributed by atoms with van der Waals surface area (Å²) in [5, 5.41) is 4.21. The third-order valence-corrected chi connectivity index (χ3v) is 7.36. The number of sulfonamides is 1. The van der Waals surface area contributed by atoms with Crippen molar-refractivity contribution in [3.63, 3.8) is 0 Å². The van der Waals surface area contributed by atoms with Crippen molar-refractivity contribution in [1.82, 2.24) is 4.98 Å². The first-order chi connectivity index (χ1) is 19.3. The van der Waals surface area contributed by atoms with E-state index < -0.39 is 10.0 Å². The van der Waals surface area contributed by atoms with Crippen molar-refractivity contribution in [3.05, 3.63) is 121 Å². The number of carbonyl (C=O) groups is 1. The van der Waals surface area contributed by atoms with Crippen molar-refractivity contribution < 1.29 is 17.9 Å². The van der Waals surface area contributed by atoms with Crippen molar-refractivity contribution >= 4 is 43.8 Å². The van der Waals surface area contributed by atoms with Gasteiger partial charge in [-0.05, 0) is 54.6 Å². The Balaban J connectivity index is 0.000000546. The molecule has 0 spiro atoms. The highest BCUT2D eigenvalue weighted by Crippen LogP contribution is 2.33. The molecule has 40 heavy (non-hydrogen) atoms. The SMILES string of the molecule is COc1ccc(C(=O)Nc2ccccc2)cc1NS(=O)(=O)c1cccc2c(N(C)C)cccc12.c1ccncc1. The van der Waals surface area contributed by atoms with E-state index in [1.807, 2.05) is 73.6 Å². The van der Waals surface area contributed by atoms with Gasteiger partial charge in [-0.25, -0.2) is 8.42 Å². The Kier molecular flexibility index (Phi) is 8.98. The fraction of sp³-hybridized carbons (Fsp3) is 0.0968. The van der Waals surface area contributed by atoms with Crippen LogP contribution in [-0.2, 0) is 10.0 Å². The quantitative estimate of drug-likeness (QED) is 0.254. The topological polar surface area (TPSA) is 101 Å². The van der Waals surface area contributed by atoms with Crippen LogP contribution in [0.3, 0.4) is 0 Å². The molecule has 0 saturated heterocycles. The molecule has 0 aliphatic carbocycles. The molecule has 2 N–H and O–H groups in total. The molecule has 0 atom stereocenters. The molecule has 1 aromatic heterocycles. The Labute approximate surface area is 234 Å². The molecular weight excluding hydrogens is 524 g/mol. The first-order valence-electron chi connectivity index (χ1n) is 12.4. The van der Waals surface area contributed by atoms with Gasteiger partial charge in [0.2, 0.25) is 0 Å². The number of carbonyl (C=O) groups excluding carboxylic acids is 1. The number of anilines is 3. The van der Waals surface area contributed by atoms with Gasteiger partial charge in [-0.3, -0.25) is 14.5 Å². The first kappa shape index (κ1) is 28.1. The van der Waals surface area contributed by atoms with E-state index in [1.165, 1.54) is 13.2 Å². The van der Waals surface area contributed by atoms with Crippen LogP contribution in [0.25, 0.3) is 10.8 Å². The second-order valence-corrected chi connectivity index (χ2v) is 10.5. The third-order valence-electron chi connectivity index (χ3n) is 5.93. The van der Waals surface area contributed by atoms with E-state index in [2.05, 4.69) is 15.0 Å². The molecular formula is C31H30N4O4S. The molecule has 0 unspecified atom stereocenters. The van der Waals surface area contributed by atoms with Crippen molar-refractivity contribution in [2.45, 2.75) is 4.90 Å². The highest BCUT2D eigenvalue weighted by Gasteiger charge is 2.21. The maximum Gasteiger partial charge on any atom is 0.262 e. The van der Waals surface area contributed by atoms with E-state index in [0.29, 0.717) is 16.8 Å². The summed E-state index contributed by atoms with van der Waals surface area (Å²) < 4.78 is 34.9. The van der Waals surface area contributed by atoms with Crippen LogP contribution >= 0.6 is 0 Å². The zero-order valence-corrected chi connectivity index (χ0v) is 23.2. The number of benzene rings is 4. The van der Waals surface area contributed by atoms with Gasteiger partial charge in [0, 0.05) is 54.2 Å². The maximum atomic E-state index is 13.5. The predicted molar refractivity (Wildman–Crippen MR) is 161 cm³/mol. The maximum absolute atomic E-state index is 13.5. The van der Waals surface area contributed by atoms with Crippen LogP contribution in [-0.4, -0.2) is 40.5 Å². The zero-order chi connectivity index (χ0) is 28.5. The molecule has 0 aliphatic rings. The number of hydrogen-bond donors (Lipinski definition) is 2. The van der Waals surface area contributed by atoms with Gasteiger partial charge in [0.1, 0.15) is 5.75 Å². The van der Waals surface area contributed by atoms with E-state index >= 15 is 0 Å². The Morgan fingerprint density at radius 3 is 2.10 bits per heavy atom. The lowest BCUT2D eigenvalue weighted by Crippen LogP contribution is -2.16. The Morgan fingerprint density at radius 1 is 0.800 bits per heavy atom. The van der Waals surface area contributed by atoms with Crippen LogP contribution in [0.15, 0.2) is 120 Å². The number of amides is 1. The van der Waals surface area contributed by atoms with Gasteiger partial charge in [0.15, 0.2) is 0 Å². The van der Waals surface area contributed by atoms with Crippen LogP contribution in [0.5, 0.6) is 5.75 Å². The number of methoxy groups -OCH3 is 1. The van der Waals surface area contributed by atoms with E-state index in [1.54, 1.807) is 54.9 Å². The van der Waals surface area contributed by atoms with Crippen molar-refractivity contribution in [2.24, 2.45) is 0 Å². The molecule has 0 aliphatic heterocycles. The van der Waals surface area contributed by atoms with Gasteiger partial charge in [-0.15, -0.1) is 0 Å². The van der Waals surface area contributed by atoms with Gasteiger partial charge in [-0.1, -0.05) is 48.5 Å². The monoisotopic (exact) mass is 554 g/mol. The Morgan fingerprint density at radius 2 is 1.48 bits per heavy atom. The van der Waals surface area contributed by atoms with Crippen LogP contribution < -0.4 is 19.7 Å². The number of aromatic nitrogens is 1. The minimum atomic E-state index is -4.00. The molecule has 204 valence electrons. The summed E-state index contributed by atoms with van der Waals surface area (Å²) in [5.41, 5.74) is 2.00. The summed E-state index contributed by atoms with van der Waals surface area (Å²) >= 11 is 0. The fourth-order valence-corrected chi connectivity index (χ4v) is 5.34. The van der Waals surface area contributed by atoms with E-state index in [-0.39, 0.29) is 22.1 Å².